The van der Waals surface area contributed by atoms with E-state index >= 15 is 0 Å². The predicted octanol–water partition coefficient (Wildman–Crippen LogP) is 2.15. The molecule has 3 heteroatoms. The van der Waals surface area contributed by atoms with Crippen LogP contribution in [0.25, 0.3) is 0 Å². The van der Waals surface area contributed by atoms with Crippen molar-refractivity contribution in [3.8, 4) is 0 Å². The lowest BCUT2D eigenvalue weighted by molar-refractivity contribution is 0.617. The Morgan fingerprint density at radius 1 is 1.29 bits per heavy atom. The zero-order valence-corrected chi connectivity index (χ0v) is 9.39. The van der Waals surface area contributed by atoms with E-state index in [2.05, 4.69) is 30.5 Å². The molecule has 0 fully saturated rings. The fraction of sp³-hybridized carbons (Fsp3) is 0.455. The van der Waals surface area contributed by atoms with Gasteiger partial charge in [0.05, 0.1) is 0 Å². The molecule has 4 N–H and O–H groups in total. The molecule has 1 aromatic carbocycles. The molecule has 0 aromatic heterocycles. The van der Waals surface area contributed by atoms with E-state index in [0.717, 1.165) is 19.4 Å². The van der Waals surface area contributed by atoms with Crippen molar-refractivity contribution in [2.24, 2.45) is 11.5 Å². The van der Waals surface area contributed by atoms with Crippen LogP contribution in [-0.2, 0) is 0 Å². The Morgan fingerprint density at radius 3 is 2.43 bits per heavy atom. The van der Waals surface area contributed by atoms with Gasteiger partial charge in [0.2, 0.25) is 0 Å². The Kier molecular flexibility index (Phi) is 5.01. The van der Waals surface area contributed by atoms with Crippen LogP contribution in [0.15, 0.2) is 29.2 Å². The van der Waals surface area contributed by atoms with Crippen molar-refractivity contribution in [3.63, 3.8) is 0 Å². The zero-order valence-electron chi connectivity index (χ0n) is 8.57. The standard InChI is InChI=1S/C11H18N2S/c1-14-10-6-4-9(5-7-10)11(13)3-2-8-12/h4-7,11H,2-3,8,12-13H2,1H3. The number of hydrogen-bond donors (Lipinski definition) is 2. The molecular weight excluding hydrogens is 192 g/mol. The first-order valence-electron chi connectivity index (χ1n) is 4.87. The molecule has 0 aliphatic rings. The van der Waals surface area contributed by atoms with E-state index in [1.165, 1.54) is 10.5 Å². The first-order chi connectivity index (χ1) is 6.77. The quantitative estimate of drug-likeness (QED) is 0.732. The average Bonchev–Trinajstić information content (AvgIpc) is 2.26. The van der Waals surface area contributed by atoms with Gasteiger partial charge in [-0.25, -0.2) is 0 Å². The van der Waals surface area contributed by atoms with E-state index in [1.54, 1.807) is 11.8 Å². The molecule has 0 spiro atoms. The van der Waals surface area contributed by atoms with E-state index in [0.29, 0.717) is 0 Å². The summed E-state index contributed by atoms with van der Waals surface area (Å²) >= 11 is 1.75. The van der Waals surface area contributed by atoms with Crippen LogP contribution < -0.4 is 11.5 Å². The van der Waals surface area contributed by atoms with Crippen molar-refractivity contribution >= 4 is 11.8 Å². The van der Waals surface area contributed by atoms with Gasteiger partial charge in [0, 0.05) is 10.9 Å². The smallest absolute Gasteiger partial charge is 0.0295 e. The van der Waals surface area contributed by atoms with Gasteiger partial charge in [0.25, 0.3) is 0 Å². The number of benzene rings is 1. The van der Waals surface area contributed by atoms with Crippen LogP contribution in [0.4, 0.5) is 0 Å². The Labute approximate surface area is 90.1 Å². The van der Waals surface area contributed by atoms with Gasteiger partial charge in [0.15, 0.2) is 0 Å². The summed E-state index contributed by atoms with van der Waals surface area (Å²) in [6, 6.07) is 8.57. The number of thioether (sulfide) groups is 1. The molecule has 0 aliphatic heterocycles. The second-order valence-corrected chi connectivity index (χ2v) is 4.19. The second kappa shape index (κ2) is 6.06. The summed E-state index contributed by atoms with van der Waals surface area (Å²) in [6.45, 7) is 0.719. The lowest BCUT2D eigenvalue weighted by Gasteiger charge is -2.11. The summed E-state index contributed by atoms with van der Waals surface area (Å²) in [7, 11) is 0. The van der Waals surface area contributed by atoms with E-state index in [1.807, 2.05) is 0 Å². The highest BCUT2D eigenvalue weighted by molar-refractivity contribution is 7.98. The molecule has 1 aromatic rings. The maximum atomic E-state index is 6.01. The summed E-state index contributed by atoms with van der Waals surface area (Å²) in [6.07, 6.45) is 4.03. The van der Waals surface area contributed by atoms with Crippen LogP contribution in [0.2, 0.25) is 0 Å². The highest BCUT2D eigenvalue weighted by Gasteiger charge is 2.04. The van der Waals surface area contributed by atoms with Crippen molar-refractivity contribution in [1.82, 2.24) is 0 Å². The minimum absolute atomic E-state index is 0.134. The molecule has 0 heterocycles. The molecule has 1 rings (SSSR count). The second-order valence-electron chi connectivity index (χ2n) is 3.31. The maximum absolute atomic E-state index is 6.01. The third kappa shape index (κ3) is 3.33. The molecule has 0 radical (unpaired) electrons. The zero-order chi connectivity index (χ0) is 10.4. The average molecular weight is 210 g/mol. The Balaban J connectivity index is 2.57. The number of rotatable bonds is 5. The summed E-state index contributed by atoms with van der Waals surface area (Å²) in [5.41, 5.74) is 12.7. The molecule has 14 heavy (non-hydrogen) atoms. The molecule has 2 nitrogen and oxygen atoms in total. The fourth-order valence-electron chi connectivity index (χ4n) is 1.36. The fourth-order valence-corrected chi connectivity index (χ4v) is 1.76. The normalized spacial score (nSPS) is 12.8. The van der Waals surface area contributed by atoms with Crippen molar-refractivity contribution < 1.29 is 0 Å². The molecule has 0 amide bonds. The number of hydrogen-bond acceptors (Lipinski definition) is 3. The van der Waals surface area contributed by atoms with Gasteiger partial charge in [-0.2, -0.15) is 0 Å². The van der Waals surface area contributed by atoms with Crippen LogP contribution in [0.3, 0.4) is 0 Å². The minimum Gasteiger partial charge on any atom is -0.330 e. The first-order valence-corrected chi connectivity index (χ1v) is 6.10. The van der Waals surface area contributed by atoms with Crippen LogP contribution in [0, 0.1) is 0 Å². The molecule has 0 saturated heterocycles. The van der Waals surface area contributed by atoms with E-state index < -0.39 is 0 Å². The largest absolute Gasteiger partial charge is 0.330 e. The summed E-state index contributed by atoms with van der Waals surface area (Å²) in [5.74, 6) is 0. The molecule has 0 aliphatic carbocycles. The highest BCUT2D eigenvalue weighted by atomic mass is 32.2. The van der Waals surface area contributed by atoms with Crippen LogP contribution in [0.1, 0.15) is 24.4 Å². The molecule has 0 bridgehead atoms. The number of nitrogens with two attached hydrogens (primary N) is 2. The Hall–Kier alpha value is -0.510. The van der Waals surface area contributed by atoms with Gasteiger partial charge >= 0.3 is 0 Å². The maximum Gasteiger partial charge on any atom is 0.0295 e. The molecule has 0 saturated carbocycles. The van der Waals surface area contributed by atoms with Gasteiger partial charge in [-0.3, -0.25) is 0 Å². The van der Waals surface area contributed by atoms with Crippen LogP contribution >= 0.6 is 11.8 Å². The van der Waals surface area contributed by atoms with Gasteiger partial charge in [-0.1, -0.05) is 12.1 Å². The lowest BCUT2D eigenvalue weighted by atomic mass is 10.0. The van der Waals surface area contributed by atoms with E-state index in [9.17, 15) is 0 Å². The minimum atomic E-state index is 0.134. The van der Waals surface area contributed by atoms with Crippen molar-refractivity contribution in [1.29, 1.82) is 0 Å². The highest BCUT2D eigenvalue weighted by Crippen LogP contribution is 2.20. The van der Waals surface area contributed by atoms with Gasteiger partial charge in [-0.05, 0) is 43.3 Å². The van der Waals surface area contributed by atoms with Gasteiger partial charge < -0.3 is 11.5 Å². The summed E-state index contributed by atoms with van der Waals surface area (Å²) in [5, 5.41) is 0. The lowest BCUT2D eigenvalue weighted by Crippen LogP contribution is -2.12. The Bertz CT molecular complexity index is 258. The molecule has 1 atom stereocenters. The van der Waals surface area contributed by atoms with Gasteiger partial charge in [0.1, 0.15) is 0 Å². The van der Waals surface area contributed by atoms with Crippen molar-refractivity contribution in [2.75, 3.05) is 12.8 Å². The topological polar surface area (TPSA) is 52.0 Å². The molecule has 78 valence electrons. The summed E-state index contributed by atoms with van der Waals surface area (Å²) < 4.78 is 0. The molecular formula is C11H18N2S. The van der Waals surface area contributed by atoms with Crippen molar-refractivity contribution in [3.05, 3.63) is 29.8 Å². The van der Waals surface area contributed by atoms with E-state index in [4.69, 9.17) is 11.5 Å². The van der Waals surface area contributed by atoms with E-state index in [-0.39, 0.29) is 6.04 Å². The van der Waals surface area contributed by atoms with Crippen molar-refractivity contribution in [2.45, 2.75) is 23.8 Å². The first kappa shape index (κ1) is 11.6. The summed E-state index contributed by atoms with van der Waals surface area (Å²) in [4.78, 5) is 1.28. The molecule has 1 unspecified atom stereocenters. The Morgan fingerprint density at radius 2 is 1.93 bits per heavy atom. The third-order valence-electron chi connectivity index (χ3n) is 2.26. The third-order valence-corrected chi connectivity index (χ3v) is 3.01. The monoisotopic (exact) mass is 210 g/mol. The van der Waals surface area contributed by atoms with Crippen LogP contribution in [0.5, 0.6) is 0 Å². The van der Waals surface area contributed by atoms with Gasteiger partial charge in [-0.15, -0.1) is 11.8 Å². The SMILES string of the molecule is CSc1ccc(C(N)CCCN)cc1. The van der Waals surface area contributed by atoms with Crippen LogP contribution in [-0.4, -0.2) is 12.8 Å². The predicted molar refractivity (Wildman–Crippen MR) is 63.4 cm³/mol.